The Morgan fingerprint density at radius 3 is 2.31 bits per heavy atom. The largest absolute Gasteiger partial charge is 0.240 e. The fourth-order valence-electron chi connectivity index (χ4n) is 1.77. The molecule has 2 aromatic rings. The molecule has 84 valence electrons. The third-order valence-electron chi connectivity index (χ3n) is 2.57. The van der Waals surface area contributed by atoms with Gasteiger partial charge in [-0.1, -0.05) is 29.8 Å². The molecule has 1 heterocycles. The van der Waals surface area contributed by atoms with Gasteiger partial charge in [0.1, 0.15) is 0 Å². The zero-order valence-corrected chi connectivity index (χ0v) is 11.3. The van der Waals surface area contributed by atoms with Crippen LogP contribution in [0.25, 0.3) is 5.69 Å². The van der Waals surface area contributed by atoms with Crippen LogP contribution in [0.1, 0.15) is 31.0 Å². The lowest BCUT2D eigenvalue weighted by Gasteiger charge is -2.02. The van der Waals surface area contributed by atoms with E-state index < -0.39 is 0 Å². The van der Waals surface area contributed by atoms with Gasteiger partial charge in [-0.2, -0.15) is 5.10 Å². The maximum Gasteiger partial charge on any atom is 0.0683 e. The molecule has 0 N–H and O–H groups in total. The number of rotatable bonds is 2. The van der Waals surface area contributed by atoms with Crippen LogP contribution in [0.3, 0.4) is 0 Å². The van der Waals surface area contributed by atoms with Crippen LogP contribution in [0.15, 0.2) is 34.9 Å². The monoisotopic (exact) mass is 278 g/mol. The van der Waals surface area contributed by atoms with Crippen LogP contribution in [0.5, 0.6) is 0 Å². The first kappa shape index (κ1) is 11.4. The third-order valence-corrected chi connectivity index (χ3v) is 3.10. The Labute approximate surface area is 104 Å². The molecule has 1 aromatic heterocycles. The molecular formula is C13H15BrN2. The zero-order chi connectivity index (χ0) is 11.7. The maximum absolute atomic E-state index is 4.61. The van der Waals surface area contributed by atoms with Crippen LogP contribution in [0, 0.1) is 6.92 Å². The van der Waals surface area contributed by atoms with Gasteiger partial charge in [0.2, 0.25) is 0 Å². The average molecular weight is 279 g/mol. The summed E-state index contributed by atoms with van der Waals surface area (Å²) in [6.07, 6.45) is 2.08. The molecule has 16 heavy (non-hydrogen) atoms. The van der Waals surface area contributed by atoms with Crippen molar-refractivity contribution < 1.29 is 0 Å². The van der Waals surface area contributed by atoms with E-state index in [9.17, 15) is 0 Å². The Bertz CT molecular complexity index is 483. The van der Waals surface area contributed by atoms with E-state index >= 15 is 0 Å². The van der Waals surface area contributed by atoms with Crippen molar-refractivity contribution in [3.05, 3.63) is 46.2 Å². The average Bonchev–Trinajstić information content (AvgIpc) is 2.61. The first-order chi connectivity index (χ1) is 7.58. The smallest absolute Gasteiger partial charge is 0.0683 e. The number of aromatic nitrogens is 2. The second-order valence-electron chi connectivity index (χ2n) is 4.27. The summed E-state index contributed by atoms with van der Waals surface area (Å²) in [4.78, 5) is 0. The summed E-state index contributed by atoms with van der Waals surface area (Å²) in [6, 6.07) is 8.17. The van der Waals surface area contributed by atoms with Crippen molar-refractivity contribution in [2.24, 2.45) is 0 Å². The van der Waals surface area contributed by atoms with Gasteiger partial charge in [-0.25, -0.2) is 4.68 Å². The predicted molar refractivity (Wildman–Crippen MR) is 70.1 cm³/mol. The zero-order valence-electron chi connectivity index (χ0n) is 9.74. The molecule has 2 nitrogen and oxygen atoms in total. The van der Waals surface area contributed by atoms with Crippen LogP contribution in [-0.4, -0.2) is 9.78 Å². The van der Waals surface area contributed by atoms with Gasteiger partial charge in [0.25, 0.3) is 0 Å². The molecule has 0 aliphatic heterocycles. The fraction of sp³-hybridized carbons (Fsp3) is 0.308. The van der Waals surface area contributed by atoms with Crippen molar-refractivity contribution in [1.82, 2.24) is 9.78 Å². The number of benzene rings is 1. The molecule has 0 amide bonds. The molecule has 0 unspecified atom stereocenters. The van der Waals surface area contributed by atoms with Crippen molar-refractivity contribution in [3.8, 4) is 5.69 Å². The van der Waals surface area contributed by atoms with E-state index in [2.05, 4.69) is 60.1 Å². The third kappa shape index (κ3) is 2.19. The van der Waals surface area contributed by atoms with Gasteiger partial charge in [-0.05, 0) is 42.7 Å². The highest BCUT2D eigenvalue weighted by Crippen LogP contribution is 2.19. The Morgan fingerprint density at radius 2 is 1.81 bits per heavy atom. The molecule has 0 bridgehead atoms. The van der Waals surface area contributed by atoms with Gasteiger partial charge in [0.15, 0.2) is 0 Å². The molecule has 0 atom stereocenters. The Kier molecular flexibility index (Phi) is 3.15. The van der Waals surface area contributed by atoms with Crippen LogP contribution in [0.2, 0.25) is 0 Å². The maximum atomic E-state index is 4.61. The number of hydrogen-bond donors (Lipinski definition) is 0. The quantitative estimate of drug-likeness (QED) is 0.810. The summed E-state index contributed by atoms with van der Waals surface area (Å²) in [5.41, 5.74) is 3.51. The van der Waals surface area contributed by atoms with Crippen LogP contribution in [0.4, 0.5) is 0 Å². The van der Waals surface area contributed by atoms with E-state index in [1.165, 1.54) is 11.3 Å². The minimum atomic E-state index is 0.469. The Morgan fingerprint density at radius 1 is 1.19 bits per heavy atom. The normalized spacial score (nSPS) is 11.1. The summed E-state index contributed by atoms with van der Waals surface area (Å²) >= 11 is 3.43. The highest BCUT2D eigenvalue weighted by molar-refractivity contribution is 9.10. The summed E-state index contributed by atoms with van der Waals surface area (Å²) in [7, 11) is 0. The molecule has 2 rings (SSSR count). The highest BCUT2D eigenvalue weighted by Gasteiger charge is 2.09. The van der Waals surface area contributed by atoms with Crippen LogP contribution < -0.4 is 0 Å². The summed E-state index contributed by atoms with van der Waals surface area (Å²) in [5.74, 6) is 0.469. The van der Waals surface area contributed by atoms with Gasteiger partial charge in [0, 0.05) is 10.7 Å². The summed E-state index contributed by atoms with van der Waals surface area (Å²) < 4.78 is 3.03. The molecule has 0 saturated heterocycles. The topological polar surface area (TPSA) is 17.8 Å². The lowest BCUT2D eigenvalue weighted by molar-refractivity contribution is 0.765. The molecule has 0 saturated carbocycles. The molecular weight excluding hydrogens is 264 g/mol. The lowest BCUT2D eigenvalue weighted by atomic mass is 10.1. The van der Waals surface area contributed by atoms with Gasteiger partial charge in [0.05, 0.1) is 11.4 Å². The van der Waals surface area contributed by atoms with Gasteiger partial charge in [-0.15, -0.1) is 0 Å². The predicted octanol–water partition coefficient (Wildman–Crippen LogP) is 4.07. The van der Waals surface area contributed by atoms with Gasteiger partial charge >= 0.3 is 0 Å². The van der Waals surface area contributed by atoms with Crippen molar-refractivity contribution in [2.45, 2.75) is 26.7 Å². The highest BCUT2D eigenvalue weighted by atomic mass is 79.9. The molecule has 0 aliphatic rings. The first-order valence-corrected chi connectivity index (χ1v) is 6.19. The second kappa shape index (κ2) is 4.42. The fourth-order valence-corrected chi connectivity index (χ4v) is 2.03. The second-order valence-corrected chi connectivity index (χ2v) is 5.19. The lowest BCUT2D eigenvalue weighted by Crippen LogP contribution is -1.96. The van der Waals surface area contributed by atoms with Crippen molar-refractivity contribution in [3.63, 3.8) is 0 Å². The molecule has 0 spiro atoms. The minimum absolute atomic E-state index is 0.469. The van der Waals surface area contributed by atoms with E-state index in [0.29, 0.717) is 5.92 Å². The molecule has 0 aliphatic carbocycles. The van der Waals surface area contributed by atoms with Crippen molar-refractivity contribution in [2.75, 3.05) is 0 Å². The first-order valence-electron chi connectivity index (χ1n) is 5.40. The Balaban J connectivity index is 2.41. The van der Waals surface area contributed by atoms with Gasteiger partial charge < -0.3 is 0 Å². The van der Waals surface area contributed by atoms with Crippen LogP contribution >= 0.6 is 15.9 Å². The van der Waals surface area contributed by atoms with Crippen LogP contribution in [-0.2, 0) is 0 Å². The van der Waals surface area contributed by atoms with E-state index in [1.54, 1.807) is 0 Å². The number of hydrogen-bond acceptors (Lipinski definition) is 1. The number of halogens is 1. The number of aryl methyl sites for hydroxylation is 1. The minimum Gasteiger partial charge on any atom is -0.240 e. The van der Waals surface area contributed by atoms with Gasteiger partial charge in [-0.3, -0.25) is 0 Å². The van der Waals surface area contributed by atoms with E-state index in [4.69, 9.17) is 0 Å². The number of nitrogens with zero attached hydrogens (tertiary/aromatic N) is 2. The van der Waals surface area contributed by atoms with E-state index in [-0.39, 0.29) is 0 Å². The molecule has 1 aromatic carbocycles. The standard InChI is InChI=1S/C13H15BrN2/c1-9(2)13-10(3)8-16(15-13)12-6-4-11(14)5-7-12/h4-9H,1-3H3. The Hall–Kier alpha value is -1.09. The summed E-state index contributed by atoms with van der Waals surface area (Å²) in [5, 5.41) is 4.61. The molecule has 3 heteroatoms. The molecule has 0 radical (unpaired) electrons. The van der Waals surface area contributed by atoms with Crippen molar-refractivity contribution in [1.29, 1.82) is 0 Å². The van der Waals surface area contributed by atoms with E-state index in [1.807, 2.05) is 16.8 Å². The van der Waals surface area contributed by atoms with E-state index in [0.717, 1.165) is 10.2 Å². The molecule has 0 fully saturated rings. The SMILES string of the molecule is Cc1cn(-c2ccc(Br)cc2)nc1C(C)C. The van der Waals surface area contributed by atoms with Crippen molar-refractivity contribution >= 4 is 15.9 Å². The summed E-state index contributed by atoms with van der Waals surface area (Å²) in [6.45, 7) is 6.44.